The number of anilines is 1. The predicted molar refractivity (Wildman–Crippen MR) is 80.4 cm³/mol. The molecule has 1 aromatic heterocycles. The van der Waals surface area contributed by atoms with Gasteiger partial charge in [-0.05, 0) is 31.9 Å². The molecule has 1 amide bonds. The Morgan fingerprint density at radius 3 is 3.00 bits per heavy atom. The minimum Gasteiger partial charge on any atom is -0.492 e. The van der Waals surface area contributed by atoms with Crippen LogP contribution in [0.25, 0.3) is 0 Å². The van der Waals surface area contributed by atoms with Crippen molar-refractivity contribution in [2.24, 2.45) is 5.92 Å². The van der Waals surface area contributed by atoms with Crippen LogP contribution >= 0.6 is 0 Å². The Balaban J connectivity index is 1.71. The van der Waals surface area contributed by atoms with Crippen LogP contribution < -0.4 is 10.1 Å². The van der Waals surface area contributed by atoms with Gasteiger partial charge in [-0.3, -0.25) is 4.79 Å². The second-order valence-electron chi connectivity index (χ2n) is 5.56. The van der Waals surface area contributed by atoms with Gasteiger partial charge in [-0.2, -0.15) is 5.10 Å². The lowest BCUT2D eigenvalue weighted by atomic mass is 9.96. The number of fused-ring (bicyclic) bond motifs is 1. The van der Waals surface area contributed by atoms with E-state index >= 15 is 0 Å². The molecule has 0 saturated heterocycles. The van der Waals surface area contributed by atoms with Crippen LogP contribution in [0.5, 0.6) is 5.75 Å². The number of amides is 1. The topological polar surface area (TPSA) is 56.2 Å². The Labute approximate surface area is 123 Å². The van der Waals surface area contributed by atoms with Crippen LogP contribution in [-0.2, 0) is 11.2 Å². The molecule has 2 heterocycles. The van der Waals surface area contributed by atoms with Crippen molar-refractivity contribution >= 4 is 11.7 Å². The molecule has 21 heavy (non-hydrogen) atoms. The zero-order chi connectivity index (χ0) is 14.8. The van der Waals surface area contributed by atoms with Crippen LogP contribution in [0.4, 0.5) is 5.82 Å². The molecule has 110 valence electrons. The van der Waals surface area contributed by atoms with Gasteiger partial charge < -0.3 is 10.1 Å². The molecule has 1 aromatic carbocycles. The quantitative estimate of drug-likeness (QED) is 0.943. The van der Waals surface area contributed by atoms with E-state index in [-0.39, 0.29) is 17.9 Å². The van der Waals surface area contributed by atoms with Gasteiger partial charge in [-0.25, -0.2) is 4.68 Å². The van der Waals surface area contributed by atoms with E-state index in [1.165, 1.54) is 0 Å². The van der Waals surface area contributed by atoms with Gasteiger partial charge in [0, 0.05) is 12.1 Å². The number of rotatable bonds is 3. The Kier molecular flexibility index (Phi) is 3.64. The molecule has 0 saturated carbocycles. The third-order valence-electron chi connectivity index (χ3n) is 3.66. The van der Waals surface area contributed by atoms with E-state index in [2.05, 4.69) is 10.4 Å². The zero-order valence-electron chi connectivity index (χ0n) is 12.2. The van der Waals surface area contributed by atoms with Crippen LogP contribution in [0.15, 0.2) is 36.5 Å². The van der Waals surface area contributed by atoms with Gasteiger partial charge in [-0.15, -0.1) is 0 Å². The summed E-state index contributed by atoms with van der Waals surface area (Å²) < 4.78 is 7.47. The Morgan fingerprint density at radius 1 is 1.38 bits per heavy atom. The number of hydrogen-bond donors (Lipinski definition) is 1. The predicted octanol–water partition coefficient (Wildman–Crippen LogP) is 2.65. The molecule has 0 radical (unpaired) electrons. The summed E-state index contributed by atoms with van der Waals surface area (Å²) >= 11 is 0. The molecule has 1 aliphatic heterocycles. The molecule has 1 atom stereocenters. The summed E-state index contributed by atoms with van der Waals surface area (Å²) in [6, 6.07) is 9.88. The van der Waals surface area contributed by atoms with Crippen molar-refractivity contribution in [3.05, 3.63) is 42.1 Å². The number of aromatic nitrogens is 2. The second-order valence-corrected chi connectivity index (χ2v) is 5.56. The van der Waals surface area contributed by atoms with Crippen molar-refractivity contribution in [2.45, 2.75) is 26.3 Å². The van der Waals surface area contributed by atoms with Crippen molar-refractivity contribution in [3.63, 3.8) is 0 Å². The standard InChI is InChI=1S/C16H19N3O2/c1-11(2)19-15(7-8-17-19)18-16(20)13-9-12-5-3-4-6-14(12)21-10-13/h3-8,11,13H,9-10H2,1-2H3,(H,18,20)/t13-/m1/s1. The molecule has 5 heteroatoms. The number of carbonyl (C=O) groups is 1. The van der Waals surface area contributed by atoms with Gasteiger partial charge in [0.05, 0.1) is 12.1 Å². The Hall–Kier alpha value is -2.30. The van der Waals surface area contributed by atoms with Gasteiger partial charge in [0.1, 0.15) is 18.2 Å². The fourth-order valence-electron chi connectivity index (χ4n) is 2.55. The van der Waals surface area contributed by atoms with Gasteiger partial charge in [0.2, 0.25) is 5.91 Å². The lowest BCUT2D eigenvalue weighted by Crippen LogP contribution is -2.33. The molecule has 1 N–H and O–H groups in total. The number of para-hydroxylation sites is 1. The molecular formula is C16H19N3O2. The van der Waals surface area contributed by atoms with Crippen molar-refractivity contribution in [1.29, 1.82) is 0 Å². The minimum atomic E-state index is -0.171. The largest absolute Gasteiger partial charge is 0.492 e. The van der Waals surface area contributed by atoms with Crippen LogP contribution in [0.2, 0.25) is 0 Å². The number of ether oxygens (including phenoxy) is 1. The van der Waals surface area contributed by atoms with Crippen molar-refractivity contribution in [1.82, 2.24) is 9.78 Å². The fraction of sp³-hybridized carbons (Fsp3) is 0.375. The van der Waals surface area contributed by atoms with Crippen molar-refractivity contribution in [3.8, 4) is 5.75 Å². The van der Waals surface area contributed by atoms with Gasteiger partial charge in [0.25, 0.3) is 0 Å². The smallest absolute Gasteiger partial charge is 0.232 e. The van der Waals surface area contributed by atoms with Gasteiger partial charge >= 0.3 is 0 Å². The third-order valence-corrected chi connectivity index (χ3v) is 3.66. The summed E-state index contributed by atoms with van der Waals surface area (Å²) in [6.45, 7) is 4.48. The number of benzene rings is 1. The summed E-state index contributed by atoms with van der Waals surface area (Å²) in [7, 11) is 0. The third kappa shape index (κ3) is 2.77. The molecule has 0 fully saturated rings. The lowest BCUT2D eigenvalue weighted by Gasteiger charge is -2.24. The lowest BCUT2D eigenvalue weighted by molar-refractivity contribution is -0.121. The Bertz CT molecular complexity index is 648. The first kappa shape index (κ1) is 13.7. The fourth-order valence-corrected chi connectivity index (χ4v) is 2.55. The van der Waals surface area contributed by atoms with Crippen LogP contribution in [-0.4, -0.2) is 22.3 Å². The molecule has 0 spiro atoms. The molecular weight excluding hydrogens is 266 g/mol. The zero-order valence-corrected chi connectivity index (χ0v) is 12.2. The first-order valence-corrected chi connectivity index (χ1v) is 7.20. The van der Waals surface area contributed by atoms with Gasteiger partial charge in [0.15, 0.2) is 0 Å². The summed E-state index contributed by atoms with van der Waals surface area (Å²) in [5, 5.41) is 7.17. The summed E-state index contributed by atoms with van der Waals surface area (Å²) in [5.41, 5.74) is 1.08. The molecule has 3 rings (SSSR count). The van der Waals surface area contributed by atoms with Crippen LogP contribution in [0, 0.1) is 5.92 Å². The van der Waals surface area contributed by atoms with E-state index < -0.39 is 0 Å². The highest BCUT2D eigenvalue weighted by atomic mass is 16.5. The highest BCUT2D eigenvalue weighted by Crippen LogP contribution is 2.27. The molecule has 0 aliphatic carbocycles. The first-order valence-electron chi connectivity index (χ1n) is 7.20. The monoisotopic (exact) mass is 285 g/mol. The Morgan fingerprint density at radius 2 is 2.19 bits per heavy atom. The van der Waals surface area contributed by atoms with E-state index in [1.807, 2.05) is 44.2 Å². The highest BCUT2D eigenvalue weighted by Gasteiger charge is 2.26. The second kappa shape index (κ2) is 5.60. The van der Waals surface area contributed by atoms with Crippen LogP contribution in [0.1, 0.15) is 25.5 Å². The molecule has 1 aliphatic rings. The first-order chi connectivity index (χ1) is 10.1. The highest BCUT2D eigenvalue weighted by molar-refractivity contribution is 5.92. The number of nitrogens with one attached hydrogen (secondary N) is 1. The molecule has 0 unspecified atom stereocenters. The van der Waals surface area contributed by atoms with Crippen molar-refractivity contribution < 1.29 is 9.53 Å². The van der Waals surface area contributed by atoms with Gasteiger partial charge in [-0.1, -0.05) is 18.2 Å². The number of hydrogen-bond acceptors (Lipinski definition) is 3. The number of nitrogens with zero attached hydrogens (tertiary/aromatic N) is 2. The minimum absolute atomic E-state index is 0.0214. The average Bonchev–Trinajstić information content (AvgIpc) is 2.95. The number of carbonyl (C=O) groups excluding carboxylic acids is 1. The summed E-state index contributed by atoms with van der Waals surface area (Å²) in [4.78, 5) is 12.4. The SMILES string of the molecule is CC(C)n1nccc1NC(=O)[C@H]1COc2ccccc2C1. The molecule has 5 nitrogen and oxygen atoms in total. The molecule has 2 aromatic rings. The van der Waals surface area contributed by atoms with Crippen LogP contribution in [0.3, 0.4) is 0 Å². The van der Waals surface area contributed by atoms with E-state index in [9.17, 15) is 4.79 Å². The maximum Gasteiger partial charge on any atom is 0.232 e. The molecule has 0 bridgehead atoms. The summed E-state index contributed by atoms with van der Waals surface area (Å²) in [6.07, 6.45) is 2.40. The maximum atomic E-state index is 12.4. The maximum absolute atomic E-state index is 12.4. The summed E-state index contributed by atoms with van der Waals surface area (Å²) in [5.74, 6) is 1.42. The van der Waals surface area contributed by atoms with E-state index in [0.29, 0.717) is 13.0 Å². The van der Waals surface area contributed by atoms with E-state index in [4.69, 9.17) is 4.74 Å². The van der Waals surface area contributed by atoms with Crippen molar-refractivity contribution in [2.75, 3.05) is 11.9 Å². The average molecular weight is 285 g/mol. The normalized spacial score (nSPS) is 17.2. The van der Waals surface area contributed by atoms with E-state index in [0.717, 1.165) is 17.1 Å². The van der Waals surface area contributed by atoms with E-state index in [1.54, 1.807) is 10.9 Å².